The van der Waals surface area contributed by atoms with E-state index in [9.17, 15) is 5.26 Å². The minimum Gasteiger partial charge on any atom is -0.309 e. The van der Waals surface area contributed by atoms with E-state index in [-0.39, 0.29) is 0 Å². The van der Waals surface area contributed by atoms with Crippen LogP contribution in [0.25, 0.3) is 0 Å². The average molecular weight is 286 g/mol. The first-order chi connectivity index (χ1) is 9.73. The Kier molecular flexibility index (Phi) is 3.42. The van der Waals surface area contributed by atoms with Gasteiger partial charge < -0.3 is 5.73 Å². The number of nitriles is 1. The van der Waals surface area contributed by atoms with Crippen molar-refractivity contribution in [3.8, 4) is 6.07 Å². The van der Waals surface area contributed by atoms with Gasteiger partial charge in [-0.1, -0.05) is 42.1 Å². The van der Waals surface area contributed by atoms with Crippen LogP contribution >= 0.6 is 11.8 Å². The number of hydrogen-bond acceptors (Lipinski definition) is 6. The Morgan fingerprint density at radius 2 is 2.15 bits per heavy atom. The van der Waals surface area contributed by atoms with Gasteiger partial charge in [0.1, 0.15) is 5.54 Å². The van der Waals surface area contributed by atoms with E-state index < -0.39 is 5.54 Å². The lowest BCUT2D eigenvalue weighted by Crippen LogP contribution is -2.37. The molecule has 1 aliphatic rings. The Hall–Kier alpha value is -1.91. The van der Waals surface area contributed by atoms with Gasteiger partial charge in [-0.25, -0.2) is 4.68 Å². The van der Waals surface area contributed by atoms with Gasteiger partial charge in [-0.3, -0.25) is 0 Å². The molecule has 7 heteroatoms. The zero-order chi connectivity index (χ0) is 14.0. The Bertz CT molecular complexity index is 630. The fraction of sp³-hybridized carbons (Fsp3) is 0.385. The molecule has 1 atom stereocenters. The minimum absolute atomic E-state index is 0.415. The monoisotopic (exact) mass is 286 g/mol. The van der Waals surface area contributed by atoms with E-state index in [1.165, 1.54) is 11.8 Å². The maximum absolute atomic E-state index is 9.41. The lowest BCUT2D eigenvalue weighted by Gasteiger charge is -2.21. The molecule has 20 heavy (non-hydrogen) atoms. The first-order valence-electron chi connectivity index (χ1n) is 6.39. The van der Waals surface area contributed by atoms with E-state index >= 15 is 0 Å². The summed E-state index contributed by atoms with van der Waals surface area (Å²) in [7, 11) is 0. The van der Waals surface area contributed by atoms with Crippen LogP contribution in [0, 0.1) is 11.3 Å². The highest BCUT2D eigenvalue weighted by Crippen LogP contribution is 2.37. The highest BCUT2D eigenvalue weighted by atomic mass is 32.2. The molecule has 0 radical (unpaired) electrons. The predicted octanol–water partition coefficient (Wildman–Crippen LogP) is 1.48. The summed E-state index contributed by atoms with van der Waals surface area (Å²) in [5.74, 6) is 0.417. The van der Waals surface area contributed by atoms with Crippen molar-refractivity contribution < 1.29 is 0 Å². The molecule has 0 aliphatic heterocycles. The lowest BCUT2D eigenvalue weighted by molar-refractivity contribution is 0.563. The van der Waals surface area contributed by atoms with Crippen molar-refractivity contribution in [2.24, 2.45) is 5.73 Å². The second-order valence-electron chi connectivity index (χ2n) is 4.88. The molecule has 2 N–H and O–H groups in total. The van der Waals surface area contributed by atoms with Crippen molar-refractivity contribution in [2.75, 3.05) is 5.75 Å². The number of tetrazole rings is 1. The predicted molar refractivity (Wildman–Crippen MR) is 74.7 cm³/mol. The van der Waals surface area contributed by atoms with Crippen LogP contribution in [0.3, 0.4) is 0 Å². The van der Waals surface area contributed by atoms with E-state index in [1.54, 1.807) is 0 Å². The van der Waals surface area contributed by atoms with Crippen LogP contribution in [0.5, 0.6) is 0 Å². The highest BCUT2D eigenvalue weighted by molar-refractivity contribution is 7.99. The van der Waals surface area contributed by atoms with E-state index in [0.29, 0.717) is 11.8 Å². The molecule has 1 heterocycles. The van der Waals surface area contributed by atoms with Gasteiger partial charge in [0.25, 0.3) is 0 Å². The van der Waals surface area contributed by atoms with Crippen LogP contribution in [0.1, 0.15) is 24.4 Å². The number of nitrogens with zero attached hydrogens (tertiary/aromatic N) is 5. The summed E-state index contributed by atoms with van der Waals surface area (Å²) in [6.07, 6.45) is 2.23. The quantitative estimate of drug-likeness (QED) is 0.837. The summed E-state index contributed by atoms with van der Waals surface area (Å²) in [6.45, 7) is 0. The molecule has 6 nitrogen and oxygen atoms in total. The van der Waals surface area contributed by atoms with E-state index in [1.807, 2.05) is 35.0 Å². The summed E-state index contributed by atoms with van der Waals surface area (Å²) in [4.78, 5) is 0. The fourth-order valence-corrected chi connectivity index (χ4v) is 2.92. The van der Waals surface area contributed by atoms with Gasteiger partial charge in [-0.2, -0.15) is 5.26 Å². The summed E-state index contributed by atoms with van der Waals surface area (Å²) < 4.78 is 1.83. The summed E-state index contributed by atoms with van der Waals surface area (Å²) in [5.41, 5.74) is 5.99. The molecular weight excluding hydrogens is 272 g/mol. The number of thioether (sulfide) groups is 1. The third-order valence-electron chi connectivity index (χ3n) is 3.27. The number of benzene rings is 1. The number of aromatic nitrogens is 4. The van der Waals surface area contributed by atoms with Crippen LogP contribution in [0.15, 0.2) is 35.5 Å². The molecule has 0 saturated heterocycles. The molecule has 3 rings (SSSR count). The van der Waals surface area contributed by atoms with Crippen LogP contribution in [-0.2, 0) is 5.54 Å². The Balaban J connectivity index is 1.75. The summed E-state index contributed by atoms with van der Waals surface area (Å²) >= 11 is 1.43. The highest BCUT2D eigenvalue weighted by Gasteiger charge is 2.31. The molecule has 2 aromatic rings. The van der Waals surface area contributed by atoms with Crippen molar-refractivity contribution in [3.05, 3.63) is 35.9 Å². The molecule has 1 fully saturated rings. The normalized spacial score (nSPS) is 17.4. The first-order valence-corrected chi connectivity index (χ1v) is 7.38. The second-order valence-corrected chi connectivity index (χ2v) is 5.82. The Labute approximate surface area is 121 Å². The first kappa shape index (κ1) is 13.1. The zero-order valence-corrected chi connectivity index (χ0v) is 11.6. The molecule has 1 aromatic carbocycles. The zero-order valence-electron chi connectivity index (χ0n) is 10.8. The van der Waals surface area contributed by atoms with Crippen molar-refractivity contribution in [1.82, 2.24) is 20.2 Å². The molecule has 1 unspecified atom stereocenters. The SMILES string of the molecule is N#CC(N)(CSc1nnnn1C1CC1)c1ccccc1. The second kappa shape index (κ2) is 5.23. The van der Waals surface area contributed by atoms with Crippen LogP contribution in [-0.4, -0.2) is 26.0 Å². The molecule has 0 bridgehead atoms. The molecule has 1 aromatic heterocycles. The maximum atomic E-state index is 9.41. The molecule has 102 valence electrons. The van der Waals surface area contributed by atoms with Gasteiger partial charge in [0.05, 0.1) is 12.1 Å². The lowest BCUT2D eigenvalue weighted by atomic mass is 9.95. The van der Waals surface area contributed by atoms with E-state index in [2.05, 4.69) is 21.6 Å². The maximum Gasteiger partial charge on any atom is 0.209 e. The van der Waals surface area contributed by atoms with Crippen molar-refractivity contribution >= 4 is 11.8 Å². The topological polar surface area (TPSA) is 93.4 Å². The van der Waals surface area contributed by atoms with Crippen molar-refractivity contribution in [2.45, 2.75) is 29.6 Å². The van der Waals surface area contributed by atoms with Crippen LogP contribution < -0.4 is 5.73 Å². The van der Waals surface area contributed by atoms with Gasteiger partial charge in [-0.15, -0.1) is 5.10 Å². The smallest absolute Gasteiger partial charge is 0.209 e. The van der Waals surface area contributed by atoms with Gasteiger partial charge in [-0.05, 0) is 28.8 Å². The summed E-state index contributed by atoms with van der Waals surface area (Å²) in [6, 6.07) is 12.0. The van der Waals surface area contributed by atoms with Gasteiger partial charge in [0.15, 0.2) is 0 Å². The van der Waals surface area contributed by atoms with Crippen LogP contribution in [0.4, 0.5) is 0 Å². The third-order valence-corrected chi connectivity index (χ3v) is 4.40. The van der Waals surface area contributed by atoms with Crippen LogP contribution in [0.2, 0.25) is 0 Å². The Morgan fingerprint density at radius 3 is 2.80 bits per heavy atom. The fourth-order valence-electron chi connectivity index (χ4n) is 1.92. The summed E-state index contributed by atoms with van der Waals surface area (Å²) in [5, 5.41) is 21.8. The van der Waals surface area contributed by atoms with Crippen molar-refractivity contribution in [3.63, 3.8) is 0 Å². The molecule has 0 spiro atoms. The molecule has 1 saturated carbocycles. The molecule has 0 amide bonds. The largest absolute Gasteiger partial charge is 0.309 e. The number of hydrogen-bond donors (Lipinski definition) is 1. The Morgan fingerprint density at radius 1 is 1.40 bits per heavy atom. The van der Waals surface area contributed by atoms with Gasteiger partial charge in [0, 0.05) is 5.75 Å². The standard InChI is InChI=1S/C13H14N6S/c14-8-13(15,10-4-2-1-3-5-10)9-20-12-16-17-18-19(12)11-6-7-11/h1-5,11H,6-7,9,15H2. The molecular formula is C13H14N6S. The van der Waals surface area contributed by atoms with Gasteiger partial charge in [0.2, 0.25) is 5.16 Å². The third kappa shape index (κ3) is 2.53. The molecule has 1 aliphatic carbocycles. The number of nitrogens with two attached hydrogens (primary N) is 1. The van der Waals surface area contributed by atoms with Crippen molar-refractivity contribution in [1.29, 1.82) is 5.26 Å². The van der Waals surface area contributed by atoms with E-state index in [4.69, 9.17) is 5.73 Å². The minimum atomic E-state index is -1.04. The average Bonchev–Trinajstić information content (AvgIpc) is 3.24. The number of rotatable bonds is 5. The van der Waals surface area contributed by atoms with Gasteiger partial charge >= 0.3 is 0 Å². The van der Waals surface area contributed by atoms with E-state index in [0.717, 1.165) is 23.6 Å².